The second-order valence-electron chi connectivity index (χ2n) is 7.13. The highest BCUT2D eigenvalue weighted by molar-refractivity contribution is 6.09. The van der Waals surface area contributed by atoms with Crippen LogP contribution in [0.3, 0.4) is 0 Å². The Morgan fingerprint density at radius 1 is 1.08 bits per heavy atom. The summed E-state index contributed by atoms with van der Waals surface area (Å²) < 4.78 is 0. The van der Waals surface area contributed by atoms with Gasteiger partial charge in [-0.1, -0.05) is 24.3 Å². The molecule has 0 spiro atoms. The molecule has 0 saturated carbocycles. The summed E-state index contributed by atoms with van der Waals surface area (Å²) in [5.74, 6) is 1.16. The van der Waals surface area contributed by atoms with E-state index in [1.54, 1.807) is 11.1 Å². The standard InChI is InChI=1S/C20H26N4O/c1-2-22-11-13-23(14-12-22)19-17-8-4-3-7-16(17)18(15-21-19)20(25)24-9-5-6-10-24/h3-4,7-8,15H,2,5-6,9-14H2,1H3/p+1. The van der Waals surface area contributed by atoms with Crippen molar-refractivity contribution in [1.82, 2.24) is 9.88 Å². The highest BCUT2D eigenvalue weighted by atomic mass is 16.2. The third kappa shape index (κ3) is 3.09. The minimum atomic E-state index is 0.132. The molecule has 2 fully saturated rings. The monoisotopic (exact) mass is 339 g/mol. The molecule has 2 aliphatic rings. The molecule has 5 heteroatoms. The van der Waals surface area contributed by atoms with E-state index < -0.39 is 0 Å². The van der Waals surface area contributed by atoms with Crippen molar-refractivity contribution in [2.75, 3.05) is 50.7 Å². The van der Waals surface area contributed by atoms with Crippen LogP contribution in [0.15, 0.2) is 30.5 Å². The molecule has 132 valence electrons. The molecule has 0 aliphatic carbocycles. The zero-order valence-electron chi connectivity index (χ0n) is 15.0. The number of hydrogen-bond acceptors (Lipinski definition) is 3. The number of carbonyl (C=O) groups is 1. The van der Waals surface area contributed by atoms with E-state index in [1.165, 1.54) is 6.54 Å². The Labute approximate surface area is 149 Å². The zero-order valence-corrected chi connectivity index (χ0v) is 15.0. The Morgan fingerprint density at radius 3 is 2.44 bits per heavy atom. The topological polar surface area (TPSA) is 40.9 Å². The minimum absolute atomic E-state index is 0.132. The van der Waals surface area contributed by atoms with Gasteiger partial charge in [0.05, 0.1) is 38.3 Å². The molecule has 2 aliphatic heterocycles. The van der Waals surface area contributed by atoms with Crippen LogP contribution >= 0.6 is 0 Å². The van der Waals surface area contributed by atoms with Crippen molar-refractivity contribution in [2.24, 2.45) is 0 Å². The summed E-state index contributed by atoms with van der Waals surface area (Å²) in [6, 6.07) is 8.24. The van der Waals surface area contributed by atoms with Crippen LogP contribution < -0.4 is 9.80 Å². The number of anilines is 1. The number of hydrogen-bond donors (Lipinski definition) is 1. The number of fused-ring (bicyclic) bond motifs is 1. The van der Waals surface area contributed by atoms with Gasteiger partial charge in [0.2, 0.25) is 0 Å². The lowest BCUT2D eigenvalue weighted by Gasteiger charge is -2.33. The average Bonchev–Trinajstić information content (AvgIpc) is 3.21. The number of likely N-dealkylation sites (tertiary alicyclic amines) is 1. The molecule has 1 aromatic carbocycles. The van der Waals surface area contributed by atoms with Crippen molar-refractivity contribution in [3.8, 4) is 0 Å². The van der Waals surface area contributed by atoms with Crippen LogP contribution in [0.4, 0.5) is 5.82 Å². The Kier molecular flexibility index (Phi) is 4.57. The number of aromatic nitrogens is 1. The number of amides is 1. The van der Waals surface area contributed by atoms with Gasteiger partial charge in [0.25, 0.3) is 5.91 Å². The van der Waals surface area contributed by atoms with E-state index in [0.29, 0.717) is 0 Å². The first-order valence-electron chi connectivity index (χ1n) is 9.53. The van der Waals surface area contributed by atoms with E-state index in [-0.39, 0.29) is 5.91 Å². The van der Waals surface area contributed by atoms with Crippen molar-refractivity contribution in [3.05, 3.63) is 36.0 Å². The van der Waals surface area contributed by atoms with Crippen LogP contribution in [0.25, 0.3) is 10.8 Å². The van der Waals surface area contributed by atoms with Gasteiger partial charge >= 0.3 is 0 Å². The number of piperazine rings is 1. The van der Waals surface area contributed by atoms with Crippen LogP contribution in [0.2, 0.25) is 0 Å². The lowest BCUT2D eigenvalue weighted by Crippen LogP contribution is -3.14. The number of pyridine rings is 1. The maximum atomic E-state index is 12.9. The number of quaternary nitrogens is 1. The first kappa shape index (κ1) is 16.3. The molecule has 0 radical (unpaired) electrons. The van der Waals surface area contributed by atoms with Gasteiger partial charge in [-0.2, -0.15) is 0 Å². The van der Waals surface area contributed by atoms with Gasteiger partial charge in [-0.15, -0.1) is 0 Å². The molecule has 1 amide bonds. The summed E-state index contributed by atoms with van der Waals surface area (Å²) >= 11 is 0. The number of rotatable bonds is 3. The highest BCUT2D eigenvalue weighted by Gasteiger charge is 2.25. The van der Waals surface area contributed by atoms with Gasteiger partial charge in [0, 0.05) is 24.7 Å². The summed E-state index contributed by atoms with van der Waals surface area (Å²) in [5.41, 5.74) is 0.749. The van der Waals surface area contributed by atoms with Gasteiger partial charge in [0.1, 0.15) is 5.82 Å². The number of nitrogens with one attached hydrogen (secondary N) is 1. The summed E-state index contributed by atoms with van der Waals surface area (Å²) in [6.45, 7) is 9.54. The van der Waals surface area contributed by atoms with Crippen molar-refractivity contribution >= 4 is 22.5 Å². The normalized spacial score (nSPS) is 18.9. The second kappa shape index (κ2) is 7.00. The van der Waals surface area contributed by atoms with E-state index in [4.69, 9.17) is 4.98 Å². The average molecular weight is 339 g/mol. The first-order chi connectivity index (χ1) is 12.3. The molecular formula is C20H27N4O+. The van der Waals surface area contributed by atoms with E-state index >= 15 is 0 Å². The van der Waals surface area contributed by atoms with Crippen LogP contribution in [0, 0.1) is 0 Å². The third-order valence-corrected chi connectivity index (χ3v) is 5.67. The SMILES string of the molecule is CC[NH+]1CCN(c2ncc(C(=O)N3CCCC3)c3ccccc23)CC1. The number of likely N-dealkylation sites (N-methyl/N-ethyl adjacent to an activating group) is 1. The van der Waals surface area contributed by atoms with Crippen molar-refractivity contribution in [2.45, 2.75) is 19.8 Å². The summed E-state index contributed by atoms with van der Waals surface area (Å²) in [6.07, 6.45) is 4.02. The molecule has 25 heavy (non-hydrogen) atoms. The molecule has 1 N–H and O–H groups in total. The van der Waals surface area contributed by atoms with Crippen molar-refractivity contribution in [3.63, 3.8) is 0 Å². The third-order valence-electron chi connectivity index (χ3n) is 5.67. The van der Waals surface area contributed by atoms with Gasteiger partial charge in [0.15, 0.2) is 0 Å². The van der Waals surface area contributed by atoms with E-state index in [9.17, 15) is 4.79 Å². The summed E-state index contributed by atoms with van der Waals surface area (Å²) in [5, 5.41) is 2.14. The largest absolute Gasteiger partial charge is 0.345 e. The van der Waals surface area contributed by atoms with Crippen LogP contribution in [0.1, 0.15) is 30.1 Å². The Balaban J connectivity index is 1.68. The van der Waals surface area contributed by atoms with E-state index in [0.717, 1.165) is 74.3 Å². The predicted molar refractivity (Wildman–Crippen MR) is 100 cm³/mol. The van der Waals surface area contributed by atoms with E-state index in [1.807, 2.05) is 17.0 Å². The Bertz CT molecular complexity index is 761. The minimum Gasteiger partial charge on any atom is -0.345 e. The lowest BCUT2D eigenvalue weighted by atomic mass is 10.1. The van der Waals surface area contributed by atoms with Gasteiger partial charge in [-0.3, -0.25) is 4.79 Å². The summed E-state index contributed by atoms with van der Waals surface area (Å²) in [7, 11) is 0. The van der Waals surface area contributed by atoms with Crippen LogP contribution in [-0.2, 0) is 0 Å². The molecular weight excluding hydrogens is 312 g/mol. The fourth-order valence-electron chi connectivity index (χ4n) is 4.08. The molecule has 4 rings (SSSR count). The summed E-state index contributed by atoms with van der Waals surface area (Å²) in [4.78, 5) is 23.6. The van der Waals surface area contributed by atoms with Gasteiger partial charge in [-0.05, 0) is 25.2 Å². The quantitative estimate of drug-likeness (QED) is 0.913. The van der Waals surface area contributed by atoms with Gasteiger partial charge in [-0.25, -0.2) is 4.98 Å². The molecule has 5 nitrogen and oxygen atoms in total. The molecule has 0 bridgehead atoms. The molecule has 0 unspecified atom stereocenters. The number of benzene rings is 1. The zero-order chi connectivity index (χ0) is 17.2. The maximum absolute atomic E-state index is 12.9. The Morgan fingerprint density at radius 2 is 1.76 bits per heavy atom. The van der Waals surface area contributed by atoms with Crippen molar-refractivity contribution < 1.29 is 9.69 Å². The maximum Gasteiger partial charge on any atom is 0.256 e. The highest BCUT2D eigenvalue weighted by Crippen LogP contribution is 2.28. The Hall–Kier alpha value is -2.14. The predicted octanol–water partition coefficient (Wildman–Crippen LogP) is 1.20. The smallest absolute Gasteiger partial charge is 0.256 e. The second-order valence-corrected chi connectivity index (χ2v) is 7.13. The fourth-order valence-corrected chi connectivity index (χ4v) is 4.08. The molecule has 3 heterocycles. The van der Waals surface area contributed by atoms with Crippen LogP contribution in [-0.4, -0.2) is 61.6 Å². The number of carbonyl (C=O) groups excluding carboxylic acids is 1. The van der Waals surface area contributed by atoms with E-state index in [2.05, 4.69) is 24.0 Å². The van der Waals surface area contributed by atoms with Crippen LogP contribution in [0.5, 0.6) is 0 Å². The molecule has 2 saturated heterocycles. The fraction of sp³-hybridized carbons (Fsp3) is 0.500. The lowest BCUT2D eigenvalue weighted by molar-refractivity contribution is -0.898. The molecule has 2 aromatic rings. The van der Waals surface area contributed by atoms with Crippen molar-refractivity contribution in [1.29, 1.82) is 0 Å². The molecule has 0 atom stereocenters. The van der Waals surface area contributed by atoms with Gasteiger partial charge < -0.3 is 14.7 Å². The molecule has 1 aromatic heterocycles. The number of nitrogens with zero attached hydrogens (tertiary/aromatic N) is 3. The first-order valence-corrected chi connectivity index (χ1v) is 9.53.